The molecule has 0 bridgehead atoms. The molecule has 0 aliphatic carbocycles. The Hall–Kier alpha value is -1.81. The number of ether oxygens (including phenoxy) is 1. The molecule has 1 unspecified atom stereocenters. The van der Waals surface area contributed by atoms with E-state index in [9.17, 15) is 0 Å². The Morgan fingerprint density at radius 1 is 1.32 bits per heavy atom. The van der Waals surface area contributed by atoms with Crippen LogP contribution in [0.2, 0.25) is 0 Å². The molecule has 0 saturated carbocycles. The molecule has 19 heavy (non-hydrogen) atoms. The van der Waals surface area contributed by atoms with Gasteiger partial charge in [-0.25, -0.2) is 4.98 Å². The number of imidazole rings is 1. The predicted octanol–water partition coefficient (Wildman–Crippen LogP) is 2.55. The first-order chi connectivity index (χ1) is 9.36. The van der Waals surface area contributed by atoms with Gasteiger partial charge < -0.3 is 15.0 Å². The van der Waals surface area contributed by atoms with Crippen molar-refractivity contribution in [2.24, 2.45) is 0 Å². The number of hydrogen-bond acceptors (Lipinski definition) is 3. The summed E-state index contributed by atoms with van der Waals surface area (Å²) in [6.07, 6.45) is 3.08. The number of aromatic nitrogens is 2. The molecule has 0 spiro atoms. The number of hydrogen-bond donors (Lipinski definition) is 2. The van der Waals surface area contributed by atoms with Crippen molar-refractivity contribution in [3.05, 3.63) is 36.3 Å². The average molecular weight is 257 g/mol. The molecule has 2 aromatic rings. The van der Waals surface area contributed by atoms with Gasteiger partial charge in [0.2, 0.25) is 0 Å². The summed E-state index contributed by atoms with van der Waals surface area (Å²) < 4.78 is 5.45. The monoisotopic (exact) mass is 257 g/mol. The van der Waals surface area contributed by atoms with E-state index in [-0.39, 0.29) is 0 Å². The fourth-order valence-corrected chi connectivity index (χ4v) is 2.48. The molecular weight excluding hydrogens is 238 g/mol. The summed E-state index contributed by atoms with van der Waals surface area (Å²) >= 11 is 0. The van der Waals surface area contributed by atoms with Gasteiger partial charge in [0.05, 0.1) is 18.5 Å². The van der Waals surface area contributed by atoms with Crippen LogP contribution in [0.1, 0.15) is 25.1 Å². The van der Waals surface area contributed by atoms with Crippen LogP contribution in [-0.2, 0) is 0 Å². The van der Waals surface area contributed by atoms with Gasteiger partial charge in [-0.15, -0.1) is 0 Å². The third-order valence-corrected chi connectivity index (χ3v) is 3.52. The van der Waals surface area contributed by atoms with Crippen LogP contribution >= 0.6 is 0 Å². The van der Waals surface area contributed by atoms with E-state index in [1.54, 1.807) is 0 Å². The van der Waals surface area contributed by atoms with Gasteiger partial charge in [-0.1, -0.05) is 0 Å². The van der Waals surface area contributed by atoms with Crippen LogP contribution in [0.25, 0.3) is 11.3 Å². The lowest BCUT2D eigenvalue weighted by atomic mass is 10.1. The molecule has 1 aromatic heterocycles. The van der Waals surface area contributed by atoms with Crippen LogP contribution in [0, 0.1) is 0 Å². The second kappa shape index (κ2) is 5.45. The fraction of sp³-hybridized carbons (Fsp3) is 0.400. The predicted molar refractivity (Wildman–Crippen MR) is 75.4 cm³/mol. The highest BCUT2D eigenvalue weighted by Gasteiger charge is 2.19. The van der Waals surface area contributed by atoms with Crippen molar-refractivity contribution in [2.75, 3.05) is 19.7 Å². The van der Waals surface area contributed by atoms with Crippen molar-refractivity contribution < 1.29 is 4.74 Å². The number of benzene rings is 1. The largest absolute Gasteiger partial charge is 0.494 e. The van der Waals surface area contributed by atoms with Crippen LogP contribution in [0.3, 0.4) is 0 Å². The van der Waals surface area contributed by atoms with Gasteiger partial charge in [0.1, 0.15) is 11.6 Å². The van der Waals surface area contributed by atoms with Gasteiger partial charge >= 0.3 is 0 Å². The molecule has 0 amide bonds. The third kappa shape index (κ3) is 2.63. The number of H-pyrrole nitrogens is 1. The molecule has 0 radical (unpaired) electrons. The van der Waals surface area contributed by atoms with Gasteiger partial charge in [-0.05, 0) is 49.7 Å². The van der Waals surface area contributed by atoms with E-state index in [0.29, 0.717) is 12.5 Å². The summed E-state index contributed by atoms with van der Waals surface area (Å²) in [6, 6.07) is 8.12. The highest BCUT2D eigenvalue weighted by Crippen LogP contribution is 2.25. The van der Waals surface area contributed by atoms with E-state index in [2.05, 4.69) is 27.4 Å². The highest BCUT2D eigenvalue weighted by molar-refractivity contribution is 5.59. The summed E-state index contributed by atoms with van der Waals surface area (Å²) in [5, 5.41) is 3.36. The standard InChI is InChI=1S/C15H19N3O/c1-2-19-13-5-3-11(4-6-13)14-10-17-15(18-14)12-7-8-16-9-12/h3-6,10,12,16H,2,7-9H2,1H3,(H,17,18). The Bertz CT molecular complexity index is 527. The lowest BCUT2D eigenvalue weighted by Gasteiger charge is -2.05. The van der Waals surface area contributed by atoms with Crippen molar-refractivity contribution >= 4 is 0 Å². The second-order valence-corrected chi connectivity index (χ2v) is 4.83. The SMILES string of the molecule is CCOc1ccc(-c2cnc(C3CCNC3)[nH]2)cc1. The van der Waals surface area contributed by atoms with E-state index < -0.39 is 0 Å². The van der Waals surface area contributed by atoms with E-state index in [4.69, 9.17) is 4.74 Å². The first-order valence-corrected chi connectivity index (χ1v) is 6.85. The Labute approximate surface area is 113 Å². The molecule has 4 nitrogen and oxygen atoms in total. The first kappa shape index (κ1) is 12.2. The molecule has 1 atom stereocenters. The molecule has 4 heteroatoms. The molecular formula is C15H19N3O. The van der Waals surface area contributed by atoms with Gasteiger partial charge in [0.15, 0.2) is 0 Å². The van der Waals surface area contributed by atoms with Crippen LogP contribution in [0.15, 0.2) is 30.5 Å². The summed E-state index contributed by atoms with van der Waals surface area (Å²) in [6.45, 7) is 4.80. The molecule has 3 rings (SSSR count). The van der Waals surface area contributed by atoms with Crippen LogP contribution < -0.4 is 10.1 Å². The zero-order chi connectivity index (χ0) is 13.1. The second-order valence-electron chi connectivity index (χ2n) is 4.83. The lowest BCUT2D eigenvalue weighted by Crippen LogP contribution is -2.08. The Morgan fingerprint density at radius 3 is 2.84 bits per heavy atom. The van der Waals surface area contributed by atoms with E-state index in [0.717, 1.165) is 42.3 Å². The summed E-state index contributed by atoms with van der Waals surface area (Å²) in [5.41, 5.74) is 2.22. The van der Waals surface area contributed by atoms with Crippen molar-refractivity contribution in [3.63, 3.8) is 0 Å². The van der Waals surface area contributed by atoms with Crippen molar-refractivity contribution in [1.29, 1.82) is 0 Å². The molecule has 1 aliphatic heterocycles. The summed E-state index contributed by atoms with van der Waals surface area (Å²) in [5.74, 6) is 2.52. The van der Waals surface area contributed by atoms with Gasteiger partial charge in [0.25, 0.3) is 0 Å². The smallest absolute Gasteiger partial charge is 0.119 e. The van der Waals surface area contributed by atoms with Crippen molar-refractivity contribution in [2.45, 2.75) is 19.3 Å². The number of rotatable bonds is 4. The van der Waals surface area contributed by atoms with E-state index >= 15 is 0 Å². The Balaban J connectivity index is 1.77. The average Bonchev–Trinajstić information content (AvgIpc) is 3.11. The zero-order valence-corrected chi connectivity index (χ0v) is 11.1. The third-order valence-electron chi connectivity index (χ3n) is 3.52. The molecule has 2 heterocycles. The molecule has 1 fully saturated rings. The minimum Gasteiger partial charge on any atom is -0.494 e. The maximum atomic E-state index is 5.45. The topological polar surface area (TPSA) is 49.9 Å². The maximum absolute atomic E-state index is 5.45. The number of aromatic amines is 1. The summed E-state index contributed by atoms with van der Waals surface area (Å²) in [7, 11) is 0. The molecule has 2 N–H and O–H groups in total. The maximum Gasteiger partial charge on any atom is 0.119 e. The van der Waals surface area contributed by atoms with Crippen LogP contribution in [0.5, 0.6) is 5.75 Å². The minimum atomic E-state index is 0.524. The normalized spacial score (nSPS) is 18.7. The van der Waals surface area contributed by atoms with Crippen LogP contribution in [0.4, 0.5) is 0 Å². The van der Waals surface area contributed by atoms with Gasteiger partial charge in [-0.3, -0.25) is 0 Å². The van der Waals surface area contributed by atoms with Gasteiger partial charge in [0, 0.05) is 12.5 Å². The molecule has 1 aromatic carbocycles. The number of nitrogens with one attached hydrogen (secondary N) is 2. The minimum absolute atomic E-state index is 0.524. The van der Waals surface area contributed by atoms with Crippen molar-refractivity contribution in [3.8, 4) is 17.0 Å². The van der Waals surface area contributed by atoms with Crippen LogP contribution in [-0.4, -0.2) is 29.7 Å². The summed E-state index contributed by atoms with van der Waals surface area (Å²) in [4.78, 5) is 7.94. The molecule has 1 saturated heterocycles. The molecule has 1 aliphatic rings. The zero-order valence-electron chi connectivity index (χ0n) is 11.1. The molecule has 100 valence electrons. The van der Waals surface area contributed by atoms with E-state index in [1.165, 1.54) is 0 Å². The van der Waals surface area contributed by atoms with Crippen molar-refractivity contribution in [1.82, 2.24) is 15.3 Å². The quantitative estimate of drug-likeness (QED) is 0.885. The van der Waals surface area contributed by atoms with Gasteiger partial charge in [-0.2, -0.15) is 0 Å². The Kier molecular flexibility index (Phi) is 3.51. The highest BCUT2D eigenvalue weighted by atomic mass is 16.5. The van der Waals surface area contributed by atoms with E-state index in [1.807, 2.05) is 25.3 Å². The Morgan fingerprint density at radius 2 is 2.16 bits per heavy atom. The first-order valence-electron chi connectivity index (χ1n) is 6.85. The number of nitrogens with zero attached hydrogens (tertiary/aromatic N) is 1. The lowest BCUT2D eigenvalue weighted by molar-refractivity contribution is 0.340. The fourth-order valence-electron chi connectivity index (χ4n) is 2.48.